The Labute approximate surface area is 109 Å². The second-order valence-corrected chi connectivity index (χ2v) is 5.00. The summed E-state index contributed by atoms with van der Waals surface area (Å²) in [5.41, 5.74) is 1.35. The molecule has 2 rings (SSSR count). The van der Waals surface area contributed by atoms with Crippen molar-refractivity contribution in [3.05, 3.63) is 54.7 Å². The number of hydrogen-bond donors (Lipinski definition) is 0. The molecule has 1 radical (unpaired) electrons. The van der Waals surface area contributed by atoms with Gasteiger partial charge in [-0.15, -0.1) is 0 Å². The number of fused-ring (bicyclic) bond motifs is 1. The van der Waals surface area contributed by atoms with E-state index >= 15 is 0 Å². The fourth-order valence-electron chi connectivity index (χ4n) is 2.34. The third-order valence-corrected chi connectivity index (χ3v) is 3.53. The highest BCUT2D eigenvalue weighted by atomic mass is 19.1. The molecule has 0 saturated carbocycles. The zero-order valence-corrected chi connectivity index (χ0v) is 11.0. The van der Waals surface area contributed by atoms with E-state index in [2.05, 4.69) is 26.0 Å². The lowest BCUT2D eigenvalue weighted by Crippen LogP contribution is -1.93. The van der Waals surface area contributed by atoms with E-state index in [0.717, 1.165) is 17.2 Å². The molecule has 0 nitrogen and oxygen atoms in total. The Morgan fingerprint density at radius 2 is 1.78 bits per heavy atom. The summed E-state index contributed by atoms with van der Waals surface area (Å²) in [6.45, 7) is 6.13. The van der Waals surface area contributed by atoms with Crippen LogP contribution in [0.4, 0.5) is 4.39 Å². The van der Waals surface area contributed by atoms with Gasteiger partial charge >= 0.3 is 0 Å². The van der Waals surface area contributed by atoms with Gasteiger partial charge in [-0.25, -0.2) is 4.39 Å². The Kier molecular flexibility index (Phi) is 4.35. The molecule has 1 unspecified atom stereocenters. The van der Waals surface area contributed by atoms with Gasteiger partial charge in [0.05, 0.1) is 0 Å². The third kappa shape index (κ3) is 3.10. The number of hydrogen-bond acceptors (Lipinski definition) is 0. The van der Waals surface area contributed by atoms with E-state index in [0.29, 0.717) is 5.92 Å². The monoisotopic (exact) mass is 243 g/mol. The first-order chi connectivity index (χ1) is 8.70. The van der Waals surface area contributed by atoms with Crippen molar-refractivity contribution in [3.8, 4) is 0 Å². The summed E-state index contributed by atoms with van der Waals surface area (Å²) in [6, 6.07) is 11.3. The molecule has 0 saturated heterocycles. The molecule has 1 atom stereocenters. The van der Waals surface area contributed by atoms with Crippen LogP contribution in [0.1, 0.15) is 44.1 Å². The van der Waals surface area contributed by atoms with Crippen LogP contribution in [-0.2, 0) is 0 Å². The van der Waals surface area contributed by atoms with E-state index in [4.69, 9.17) is 0 Å². The molecule has 0 amide bonds. The van der Waals surface area contributed by atoms with Crippen molar-refractivity contribution < 1.29 is 4.39 Å². The Bertz CT molecular complexity index is 516. The van der Waals surface area contributed by atoms with Crippen LogP contribution in [0, 0.1) is 12.7 Å². The highest BCUT2D eigenvalue weighted by Crippen LogP contribution is 2.25. The largest absolute Gasteiger partial charge is 0.207 e. The zero-order chi connectivity index (χ0) is 13.0. The summed E-state index contributed by atoms with van der Waals surface area (Å²) in [5.74, 6) is 0.393. The van der Waals surface area contributed by atoms with Crippen LogP contribution in [0.5, 0.6) is 0 Å². The maximum absolute atomic E-state index is 13.1. The van der Waals surface area contributed by atoms with Crippen LogP contribution in [-0.4, -0.2) is 0 Å². The third-order valence-electron chi connectivity index (χ3n) is 3.53. The molecule has 0 fully saturated rings. The first kappa shape index (κ1) is 13.1. The molecule has 0 aliphatic heterocycles. The number of unbranched alkanes of at least 4 members (excludes halogenated alkanes) is 2. The fourth-order valence-corrected chi connectivity index (χ4v) is 2.34. The van der Waals surface area contributed by atoms with Crippen molar-refractivity contribution >= 4 is 10.8 Å². The summed E-state index contributed by atoms with van der Waals surface area (Å²) < 4.78 is 13.1. The lowest BCUT2D eigenvalue weighted by atomic mass is 9.93. The number of halogens is 1. The predicted octanol–water partition coefficient (Wildman–Crippen LogP) is 5.48. The lowest BCUT2D eigenvalue weighted by molar-refractivity contribution is 0.608. The molecule has 0 aliphatic carbocycles. The van der Waals surface area contributed by atoms with Crippen LogP contribution in [0.3, 0.4) is 0 Å². The van der Waals surface area contributed by atoms with E-state index in [1.165, 1.54) is 30.9 Å². The van der Waals surface area contributed by atoms with Crippen molar-refractivity contribution in [1.82, 2.24) is 0 Å². The molecule has 0 spiro atoms. The smallest absolute Gasteiger partial charge is 0.123 e. The Hall–Kier alpha value is -1.37. The van der Waals surface area contributed by atoms with Gasteiger partial charge in [0.25, 0.3) is 0 Å². The standard InChI is InChI=1S/C17H20F/c1-3-4-5-6-13(2)14-7-8-16-12-17(18)10-9-15(16)11-14/h7-13H,1,3-6H2,2H3. The van der Waals surface area contributed by atoms with Gasteiger partial charge in [0.1, 0.15) is 5.82 Å². The summed E-state index contributed by atoms with van der Waals surface area (Å²) in [7, 11) is 0. The average molecular weight is 243 g/mol. The first-order valence-electron chi connectivity index (χ1n) is 6.69. The van der Waals surface area contributed by atoms with Gasteiger partial charge < -0.3 is 0 Å². The molecule has 0 bridgehead atoms. The molecule has 2 aromatic carbocycles. The molecule has 2 aromatic rings. The Morgan fingerprint density at radius 1 is 1.06 bits per heavy atom. The predicted molar refractivity (Wildman–Crippen MR) is 76.1 cm³/mol. The van der Waals surface area contributed by atoms with E-state index in [1.807, 2.05) is 12.1 Å². The van der Waals surface area contributed by atoms with Crippen molar-refractivity contribution in [1.29, 1.82) is 0 Å². The summed E-state index contributed by atoms with van der Waals surface area (Å²) in [6.07, 6.45) is 4.64. The van der Waals surface area contributed by atoms with Crippen LogP contribution in [0.2, 0.25) is 0 Å². The van der Waals surface area contributed by atoms with Crippen molar-refractivity contribution in [2.75, 3.05) is 0 Å². The van der Waals surface area contributed by atoms with E-state index in [1.54, 1.807) is 6.07 Å². The highest BCUT2D eigenvalue weighted by molar-refractivity contribution is 5.83. The van der Waals surface area contributed by atoms with E-state index < -0.39 is 0 Å². The molecule has 18 heavy (non-hydrogen) atoms. The van der Waals surface area contributed by atoms with E-state index in [9.17, 15) is 4.39 Å². The molecule has 1 heteroatoms. The van der Waals surface area contributed by atoms with Gasteiger partial charge in [0, 0.05) is 0 Å². The number of benzene rings is 2. The summed E-state index contributed by atoms with van der Waals surface area (Å²) >= 11 is 0. The van der Waals surface area contributed by atoms with Gasteiger partial charge in [-0.1, -0.05) is 57.4 Å². The quantitative estimate of drug-likeness (QED) is 0.610. The molecular formula is C17H20F. The van der Waals surface area contributed by atoms with Gasteiger partial charge in [0.15, 0.2) is 0 Å². The first-order valence-corrected chi connectivity index (χ1v) is 6.69. The van der Waals surface area contributed by atoms with Crippen LogP contribution in [0.15, 0.2) is 36.4 Å². The molecule has 0 aromatic heterocycles. The average Bonchev–Trinajstić information content (AvgIpc) is 2.38. The van der Waals surface area contributed by atoms with Gasteiger partial charge in [-0.2, -0.15) is 0 Å². The maximum atomic E-state index is 13.1. The molecule has 95 valence electrons. The SMILES string of the molecule is [CH2]CCCCC(C)c1ccc2cc(F)ccc2c1. The van der Waals surface area contributed by atoms with Crippen LogP contribution in [0.25, 0.3) is 10.8 Å². The minimum absolute atomic E-state index is 0.168. The topological polar surface area (TPSA) is 0 Å². The second kappa shape index (κ2) is 5.99. The molecule has 0 N–H and O–H groups in total. The summed E-state index contributed by atoms with van der Waals surface area (Å²) in [4.78, 5) is 0. The van der Waals surface area contributed by atoms with Gasteiger partial charge in [-0.05, 0) is 40.8 Å². The minimum atomic E-state index is -0.168. The lowest BCUT2D eigenvalue weighted by Gasteiger charge is -2.12. The van der Waals surface area contributed by atoms with Crippen molar-refractivity contribution in [3.63, 3.8) is 0 Å². The molecular weight excluding hydrogens is 223 g/mol. The normalized spacial score (nSPS) is 12.8. The minimum Gasteiger partial charge on any atom is -0.207 e. The van der Waals surface area contributed by atoms with Crippen LogP contribution >= 0.6 is 0 Å². The van der Waals surface area contributed by atoms with Crippen molar-refractivity contribution in [2.45, 2.75) is 38.5 Å². The van der Waals surface area contributed by atoms with Crippen LogP contribution < -0.4 is 0 Å². The Balaban J connectivity index is 2.16. The zero-order valence-electron chi connectivity index (χ0n) is 11.0. The van der Waals surface area contributed by atoms with Crippen molar-refractivity contribution in [2.24, 2.45) is 0 Å². The van der Waals surface area contributed by atoms with E-state index in [-0.39, 0.29) is 5.82 Å². The Morgan fingerprint density at radius 3 is 2.56 bits per heavy atom. The van der Waals surface area contributed by atoms with Gasteiger partial charge in [0.2, 0.25) is 0 Å². The molecule has 0 aliphatic rings. The molecule has 0 heterocycles. The van der Waals surface area contributed by atoms with Gasteiger partial charge in [-0.3, -0.25) is 0 Å². The maximum Gasteiger partial charge on any atom is 0.123 e. The number of rotatable bonds is 5. The highest BCUT2D eigenvalue weighted by Gasteiger charge is 2.06. The fraction of sp³-hybridized carbons (Fsp3) is 0.353. The summed E-state index contributed by atoms with van der Waals surface area (Å²) in [5, 5.41) is 2.10. The second-order valence-electron chi connectivity index (χ2n) is 5.00.